The molecule has 3 heteroatoms. The van der Waals surface area contributed by atoms with Crippen LogP contribution in [0.5, 0.6) is 0 Å². The maximum absolute atomic E-state index is 12.3. The van der Waals surface area contributed by atoms with Gasteiger partial charge in [-0.05, 0) is 6.07 Å². The van der Waals surface area contributed by atoms with Gasteiger partial charge in [-0.1, -0.05) is 39.0 Å². The first-order valence-electron chi connectivity index (χ1n) is 5.34. The third-order valence-electron chi connectivity index (χ3n) is 2.81. The Morgan fingerprint density at radius 2 is 1.94 bits per heavy atom. The highest BCUT2D eigenvalue weighted by Crippen LogP contribution is 2.37. The van der Waals surface area contributed by atoms with E-state index in [0.717, 1.165) is 11.3 Å². The molecule has 1 heterocycles. The number of benzene rings is 1. The molecule has 3 nitrogen and oxygen atoms in total. The summed E-state index contributed by atoms with van der Waals surface area (Å²) in [6, 6.07) is 7.51. The summed E-state index contributed by atoms with van der Waals surface area (Å²) in [5.41, 5.74) is 6.26. The monoisotopic (exact) mass is 216 g/mol. The molecule has 1 atom stereocenters. The van der Waals surface area contributed by atoms with Crippen LogP contribution in [0.3, 0.4) is 0 Å². The van der Waals surface area contributed by atoms with Crippen LogP contribution in [-0.4, -0.2) is 12.0 Å². The van der Waals surface area contributed by atoms with E-state index < -0.39 is 11.0 Å². The van der Waals surface area contributed by atoms with Crippen molar-refractivity contribution in [2.45, 2.75) is 26.3 Å². The fourth-order valence-electron chi connectivity index (χ4n) is 1.98. The molecule has 0 aromatic heterocycles. The summed E-state index contributed by atoms with van der Waals surface area (Å²) in [6.45, 7) is 5.62. The predicted molar refractivity (Wildman–Crippen MR) is 64.9 cm³/mol. The first-order chi connectivity index (χ1) is 7.36. The number of Topliss-reactive ketones (excluding diaryl/α,β-unsaturated/α-hetero) is 1. The molecule has 1 unspecified atom stereocenters. The summed E-state index contributed by atoms with van der Waals surface area (Å²) in [6.07, 6.45) is 1.56. The van der Waals surface area contributed by atoms with Crippen LogP contribution in [0.25, 0.3) is 0 Å². The minimum Gasteiger partial charge on any atom is -0.311 e. The lowest BCUT2D eigenvalue weighted by Crippen LogP contribution is -2.50. The molecule has 0 radical (unpaired) electrons. The largest absolute Gasteiger partial charge is 0.311 e. The van der Waals surface area contributed by atoms with Crippen molar-refractivity contribution >= 4 is 17.7 Å². The van der Waals surface area contributed by atoms with Crippen LogP contribution in [0, 0.1) is 5.41 Å². The van der Waals surface area contributed by atoms with E-state index in [1.165, 1.54) is 0 Å². The Labute approximate surface area is 95.4 Å². The normalized spacial score (nSPS) is 23.2. The maximum atomic E-state index is 12.3. The molecule has 1 aromatic carbocycles. The molecule has 0 saturated heterocycles. The fourth-order valence-corrected chi connectivity index (χ4v) is 1.98. The van der Waals surface area contributed by atoms with E-state index in [1.807, 2.05) is 45.0 Å². The molecule has 1 aliphatic heterocycles. The zero-order valence-corrected chi connectivity index (χ0v) is 9.82. The molecule has 1 aromatic rings. The minimum atomic E-state index is -1.06. The van der Waals surface area contributed by atoms with Crippen molar-refractivity contribution in [3.05, 3.63) is 29.8 Å². The number of carbonyl (C=O) groups excluding carboxylic acids is 1. The van der Waals surface area contributed by atoms with E-state index in [2.05, 4.69) is 4.99 Å². The van der Waals surface area contributed by atoms with Crippen molar-refractivity contribution in [3.63, 3.8) is 0 Å². The molecule has 0 fully saturated rings. The van der Waals surface area contributed by atoms with Crippen molar-refractivity contribution in [2.24, 2.45) is 16.1 Å². The summed E-state index contributed by atoms with van der Waals surface area (Å²) in [5, 5.41) is 0. The average molecular weight is 216 g/mol. The van der Waals surface area contributed by atoms with Crippen molar-refractivity contribution < 1.29 is 4.79 Å². The van der Waals surface area contributed by atoms with E-state index >= 15 is 0 Å². The number of aliphatic imine (C=N–C) groups is 1. The van der Waals surface area contributed by atoms with Crippen LogP contribution in [0.4, 0.5) is 5.69 Å². The lowest BCUT2D eigenvalue weighted by Gasteiger charge is -2.28. The quantitative estimate of drug-likeness (QED) is 0.782. The van der Waals surface area contributed by atoms with Crippen LogP contribution in [-0.2, 0) is 10.3 Å². The van der Waals surface area contributed by atoms with Crippen LogP contribution in [0.15, 0.2) is 29.3 Å². The van der Waals surface area contributed by atoms with Crippen molar-refractivity contribution in [1.82, 2.24) is 0 Å². The molecular formula is C13H16N2O. The number of carbonyl (C=O) groups is 1. The standard InChI is InChI=1S/C13H16N2O/c1-12(2,3)11(16)13(14)8-15-10-7-5-4-6-9(10)13/h4-8H,14H2,1-3H3. The summed E-state index contributed by atoms with van der Waals surface area (Å²) < 4.78 is 0. The number of fused-ring (bicyclic) bond motifs is 1. The number of rotatable bonds is 1. The van der Waals surface area contributed by atoms with E-state index in [9.17, 15) is 4.79 Å². The van der Waals surface area contributed by atoms with E-state index in [0.29, 0.717) is 0 Å². The van der Waals surface area contributed by atoms with Gasteiger partial charge in [-0.25, -0.2) is 0 Å². The Bertz CT molecular complexity index is 471. The highest BCUT2D eigenvalue weighted by Gasteiger charge is 2.44. The van der Waals surface area contributed by atoms with Crippen molar-refractivity contribution in [1.29, 1.82) is 0 Å². The lowest BCUT2D eigenvalue weighted by molar-refractivity contribution is -0.129. The maximum Gasteiger partial charge on any atom is 0.168 e. The zero-order valence-electron chi connectivity index (χ0n) is 9.82. The smallest absolute Gasteiger partial charge is 0.168 e. The second kappa shape index (κ2) is 3.25. The topological polar surface area (TPSA) is 55.5 Å². The number of nitrogens with zero attached hydrogens (tertiary/aromatic N) is 1. The van der Waals surface area contributed by atoms with Gasteiger partial charge in [0.2, 0.25) is 0 Å². The van der Waals surface area contributed by atoms with Gasteiger partial charge in [0.05, 0.1) is 5.69 Å². The number of para-hydroxylation sites is 1. The van der Waals surface area contributed by atoms with Crippen molar-refractivity contribution in [2.75, 3.05) is 0 Å². The second-order valence-corrected chi connectivity index (χ2v) is 5.22. The molecule has 1 aliphatic rings. The molecule has 0 aliphatic carbocycles. The van der Waals surface area contributed by atoms with Crippen LogP contribution in [0.2, 0.25) is 0 Å². The summed E-state index contributed by atoms with van der Waals surface area (Å²) >= 11 is 0. The SMILES string of the molecule is CC(C)(C)C(=O)C1(N)C=Nc2ccccc21. The van der Waals surface area contributed by atoms with Crippen LogP contribution < -0.4 is 5.73 Å². The minimum absolute atomic E-state index is 0.00583. The van der Waals surface area contributed by atoms with Gasteiger partial charge in [-0.3, -0.25) is 9.79 Å². The van der Waals surface area contributed by atoms with Gasteiger partial charge >= 0.3 is 0 Å². The molecule has 2 N–H and O–H groups in total. The zero-order chi connectivity index (χ0) is 12.0. The number of ketones is 1. The third-order valence-corrected chi connectivity index (χ3v) is 2.81. The second-order valence-electron chi connectivity index (χ2n) is 5.22. The van der Waals surface area contributed by atoms with E-state index in [-0.39, 0.29) is 5.78 Å². The molecule has 0 amide bonds. The lowest BCUT2D eigenvalue weighted by atomic mass is 9.76. The molecule has 0 bridgehead atoms. The summed E-state index contributed by atoms with van der Waals surface area (Å²) in [4.78, 5) is 16.6. The third kappa shape index (κ3) is 1.48. The highest BCUT2D eigenvalue weighted by molar-refractivity contribution is 6.11. The summed E-state index contributed by atoms with van der Waals surface area (Å²) in [7, 11) is 0. The highest BCUT2D eigenvalue weighted by atomic mass is 16.1. The Kier molecular flexibility index (Phi) is 2.24. The van der Waals surface area contributed by atoms with Gasteiger partial charge < -0.3 is 5.73 Å². The average Bonchev–Trinajstić information content (AvgIpc) is 2.56. The Balaban J connectivity index is 2.51. The predicted octanol–water partition coefficient (Wildman–Crippen LogP) is 2.17. The Morgan fingerprint density at radius 3 is 2.56 bits per heavy atom. The number of nitrogens with two attached hydrogens (primary N) is 1. The van der Waals surface area contributed by atoms with Gasteiger partial charge in [0.25, 0.3) is 0 Å². The van der Waals surface area contributed by atoms with E-state index in [1.54, 1.807) is 6.21 Å². The molecule has 0 spiro atoms. The van der Waals surface area contributed by atoms with Crippen LogP contribution in [0.1, 0.15) is 26.3 Å². The number of hydrogen-bond acceptors (Lipinski definition) is 3. The van der Waals surface area contributed by atoms with Crippen LogP contribution >= 0.6 is 0 Å². The van der Waals surface area contributed by atoms with Gasteiger partial charge in [0.15, 0.2) is 5.78 Å². The van der Waals surface area contributed by atoms with Gasteiger partial charge in [0.1, 0.15) is 5.54 Å². The fraction of sp³-hybridized carbons (Fsp3) is 0.385. The molecule has 84 valence electrons. The molecule has 16 heavy (non-hydrogen) atoms. The summed E-state index contributed by atoms with van der Waals surface area (Å²) in [5.74, 6) is -0.00583. The van der Waals surface area contributed by atoms with Gasteiger partial charge in [-0.15, -0.1) is 0 Å². The molecule has 2 rings (SSSR count). The Hall–Kier alpha value is -1.48. The van der Waals surface area contributed by atoms with E-state index in [4.69, 9.17) is 5.73 Å². The molecule has 0 saturated carbocycles. The first kappa shape index (κ1) is 11.0. The Morgan fingerprint density at radius 1 is 1.31 bits per heavy atom. The van der Waals surface area contributed by atoms with Gasteiger partial charge in [-0.2, -0.15) is 0 Å². The molecular weight excluding hydrogens is 200 g/mol. The van der Waals surface area contributed by atoms with Gasteiger partial charge in [0, 0.05) is 17.2 Å². The first-order valence-corrected chi connectivity index (χ1v) is 5.34. The van der Waals surface area contributed by atoms with Crippen molar-refractivity contribution in [3.8, 4) is 0 Å². The number of hydrogen-bond donors (Lipinski definition) is 1.